The Balaban J connectivity index is 3.97. The summed E-state index contributed by atoms with van der Waals surface area (Å²) in [6.07, 6.45) is -0.0881. The quantitative estimate of drug-likeness (QED) is 0.495. The van der Waals surface area contributed by atoms with Crippen LogP contribution in [0, 0.1) is 5.41 Å². The number of hydrogen-bond acceptors (Lipinski definition) is 2. The molecule has 0 rings (SSSR count). The summed E-state index contributed by atoms with van der Waals surface area (Å²) in [6.45, 7) is 7.73. The van der Waals surface area contributed by atoms with Crippen molar-refractivity contribution in [3.8, 4) is 0 Å². The number of nitrogens with zero attached hydrogens (tertiary/aromatic N) is 1. The first-order valence-corrected chi connectivity index (χ1v) is 4.03. The monoisotopic (exact) mass is 158 g/mol. The topological polar surface area (TPSA) is 36.3 Å². The molecule has 0 saturated carbocycles. The van der Waals surface area contributed by atoms with Crippen molar-refractivity contribution in [3.63, 3.8) is 0 Å². The molecule has 0 aromatic carbocycles. The van der Waals surface area contributed by atoms with Gasteiger partial charge in [-0.1, -0.05) is 0 Å². The predicted molar refractivity (Wildman–Crippen MR) is 47.1 cm³/mol. The highest BCUT2D eigenvalue weighted by Crippen LogP contribution is 1.97. The van der Waals surface area contributed by atoms with Crippen LogP contribution in [0.2, 0.25) is 0 Å². The SMILES string of the molecule is CCN(CC)C(=N)C(C)OC. The number of nitrogens with one attached hydrogen (secondary N) is 1. The van der Waals surface area contributed by atoms with Crippen molar-refractivity contribution in [1.82, 2.24) is 4.90 Å². The van der Waals surface area contributed by atoms with Gasteiger partial charge >= 0.3 is 0 Å². The van der Waals surface area contributed by atoms with Crippen molar-refractivity contribution in [2.24, 2.45) is 0 Å². The van der Waals surface area contributed by atoms with Crippen LogP contribution in [0.5, 0.6) is 0 Å². The molecule has 3 heteroatoms. The van der Waals surface area contributed by atoms with Crippen LogP contribution in [0.15, 0.2) is 0 Å². The maximum atomic E-state index is 7.65. The van der Waals surface area contributed by atoms with E-state index in [0.717, 1.165) is 13.1 Å². The van der Waals surface area contributed by atoms with E-state index in [2.05, 4.69) is 0 Å². The lowest BCUT2D eigenvalue weighted by atomic mass is 10.3. The largest absolute Gasteiger partial charge is 0.374 e. The Morgan fingerprint density at radius 1 is 1.45 bits per heavy atom. The van der Waals surface area contributed by atoms with Crippen LogP contribution in [-0.2, 0) is 4.74 Å². The minimum absolute atomic E-state index is 0.0881. The highest BCUT2D eigenvalue weighted by Gasteiger charge is 2.11. The number of likely N-dealkylation sites (N-methyl/N-ethyl adjacent to an activating group) is 1. The maximum absolute atomic E-state index is 7.65. The maximum Gasteiger partial charge on any atom is 0.125 e. The number of hydrogen-bond donors (Lipinski definition) is 1. The van der Waals surface area contributed by atoms with Crippen molar-refractivity contribution < 1.29 is 4.74 Å². The molecular weight excluding hydrogens is 140 g/mol. The van der Waals surface area contributed by atoms with E-state index in [1.807, 2.05) is 25.7 Å². The van der Waals surface area contributed by atoms with Gasteiger partial charge in [-0.05, 0) is 20.8 Å². The molecule has 0 aromatic rings. The molecule has 11 heavy (non-hydrogen) atoms. The van der Waals surface area contributed by atoms with Gasteiger partial charge in [0.15, 0.2) is 0 Å². The molecule has 0 spiro atoms. The Kier molecular flexibility index (Phi) is 4.86. The summed E-state index contributed by atoms with van der Waals surface area (Å²) in [6, 6.07) is 0. The molecular formula is C8H18N2O. The van der Waals surface area contributed by atoms with Crippen LogP contribution < -0.4 is 0 Å². The number of amidine groups is 1. The summed E-state index contributed by atoms with van der Waals surface area (Å²) in [5.41, 5.74) is 0. The Morgan fingerprint density at radius 3 is 2.18 bits per heavy atom. The lowest BCUT2D eigenvalue weighted by Crippen LogP contribution is -2.37. The Hall–Kier alpha value is -0.570. The first-order chi connectivity index (χ1) is 5.17. The van der Waals surface area contributed by atoms with Gasteiger partial charge in [-0.2, -0.15) is 0 Å². The first kappa shape index (κ1) is 10.4. The molecule has 0 aliphatic heterocycles. The van der Waals surface area contributed by atoms with Gasteiger partial charge in [0.1, 0.15) is 11.9 Å². The normalized spacial score (nSPS) is 12.7. The highest BCUT2D eigenvalue weighted by molar-refractivity contribution is 5.83. The zero-order valence-electron chi connectivity index (χ0n) is 7.85. The van der Waals surface area contributed by atoms with E-state index in [4.69, 9.17) is 10.1 Å². The van der Waals surface area contributed by atoms with Gasteiger partial charge in [0.05, 0.1) is 0 Å². The van der Waals surface area contributed by atoms with Crippen LogP contribution in [0.25, 0.3) is 0 Å². The van der Waals surface area contributed by atoms with Gasteiger partial charge in [-0.15, -0.1) is 0 Å². The first-order valence-electron chi connectivity index (χ1n) is 4.03. The lowest BCUT2D eigenvalue weighted by molar-refractivity contribution is 0.157. The van der Waals surface area contributed by atoms with Gasteiger partial charge in [-0.25, -0.2) is 0 Å². The van der Waals surface area contributed by atoms with E-state index in [1.54, 1.807) is 7.11 Å². The van der Waals surface area contributed by atoms with Crippen molar-refractivity contribution in [2.45, 2.75) is 26.9 Å². The smallest absolute Gasteiger partial charge is 0.125 e. The van der Waals surface area contributed by atoms with E-state index in [1.165, 1.54) is 0 Å². The average molecular weight is 158 g/mol. The minimum atomic E-state index is -0.0881. The zero-order chi connectivity index (χ0) is 8.85. The summed E-state index contributed by atoms with van der Waals surface area (Å²) in [5, 5.41) is 7.65. The molecule has 0 aromatic heterocycles. The second-order valence-corrected chi connectivity index (χ2v) is 2.44. The molecule has 0 radical (unpaired) electrons. The van der Waals surface area contributed by atoms with Crippen LogP contribution in [0.1, 0.15) is 20.8 Å². The van der Waals surface area contributed by atoms with Crippen LogP contribution in [0.4, 0.5) is 0 Å². The lowest BCUT2D eigenvalue weighted by Gasteiger charge is -2.24. The third-order valence-corrected chi connectivity index (χ3v) is 1.84. The van der Waals surface area contributed by atoms with E-state index >= 15 is 0 Å². The van der Waals surface area contributed by atoms with Gasteiger partial charge in [0.2, 0.25) is 0 Å². The summed E-state index contributed by atoms with van der Waals surface area (Å²) in [5.74, 6) is 0.567. The number of ether oxygens (including phenoxy) is 1. The summed E-state index contributed by atoms with van der Waals surface area (Å²) in [7, 11) is 1.63. The molecule has 0 fully saturated rings. The molecule has 0 amide bonds. The molecule has 66 valence electrons. The van der Waals surface area contributed by atoms with Gasteiger partial charge in [-0.3, -0.25) is 5.41 Å². The van der Waals surface area contributed by atoms with Crippen molar-refractivity contribution in [2.75, 3.05) is 20.2 Å². The Morgan fingerprint density at radius 2 is 1.91 bits per heavy atom. The number of methoxy groups -OCH3 is 1. The van der Waals surface area contributed by atoms with Crippen LogP contribution in [-0.4, -0.2) is 37.0 Å². The Bertz CT molecular complexity index is 121. The molecule has 0 saturated heterocycles. The van der Waals surface area contributed by atoms with E-state index in [0.29, 0.717) is 5.84 Å². The van der Waals surface area contributed by atoms with Gasteiger partial charge in [0, 0.05) is 20.2 Å². The molecule has 1 N–H and O–H groups in total. The predicted octanol–water partition coefficient (Wildman–Crippen LogP) is 1.34. The molecule has 0 heterocycles. The fraction of sp³-hybridized carbons (Fsp3) is 0.875. The van der Waals surface area contributed by atoms with E-state index in [-0.39, 0.29) is 6.10 Å². The zero-order valence-corrected chi connectivity index (χ0v) is 7.85. The summed E-state index contributed by atoms with van der Waals surface area (Å²) in [4.78, 5) is 1.98. The molecule has 1 atom stereocenters. The van der Waals surface area contributed by atoms with Gasteiger partial charge in [0.25, 0.3) is 0 Å². The standard InChI is InChI=1S/C8H18N2O/c1-5-10(6-2)8(9)7(3)11-4/h7,9H,5-6H2,1-4H3. The molecule has 1 unspecified atom stereocenters. The van der Waals surface area contributed by atoms with Gasteiger partial charge < -0.3 is 9.64 Å². The van der Waals surface area contributed by atoms with Crippen molar-refractivity contribution >= 4 is 5.84 Å². The minimum Gasteiger partial charge on any atom is -0.374 e. The summed E-state index contributed by atoms with van der Waals surface area (Å²) >= 11 is 0. The summed E-state index contributed by atoms with van der Waals surface area (Å²) < 4.78 is 5.03. The molecule has 0 aliphatic rings. The van der Waals surface area contributed by atoms with Crippen molar-refractivity contribution in [1.29, 1.82) is 5.41 Å². The molecule has 0 aliphatic carbocycles. The van der Waals surface area contributed by atoms with Crippen LogP contribution >= 0.6 is 0 Å². The highest BCUT2D eigenvalue weighted by atomic mass is 16.5. The Labute approximate surface area is 68.9 Å². The average Bonchev–Trinajstić information content (AvgIpc) is 2.05. The fourth-order valence-corrected chi connectivity index (χ4v) is 0.933. The van der Waals surface area contributed by atoms with Crippen molar-refractivity contribution in [3.05, 3.63) is 0 Å². The second-order valence-electron chi connectivity index (χ2n) is 2.44. The third-order valence-electron chi connectivity index (χ3n) is 1.84. The second kappa shape index (κ2) is 5.13. The van der Waals surface area contributed by atoms with E-state index < -0.39 is 0 Å². The fourth-order valence-electron chi connectivity index (χ4n) is 0.933. The molecule has 3 nitrogen and oxygen atoms in total. The van der Waals surface area contributed by atoms with Crippen LogP contribution in [0.3, 0.4) is 0 Å². The molecule has 0 bridgehead atoms. The third kappa shape index (κ3) is 2.89. The van der Waals surface area contributed by atoms with E-state index in [9.17, 15) is 0 Å². The number of rotatable bonds is 4.